The van der Waals surface area contributed by atoms with Crippen molar-refractivity contribution < 1.29 is 8.42 Å². The van der Waals surface area contributed by atoms with Crippen LogP contribution >= 0.6 is 0 Å². The molecule has 17 heavy (non-hydrogen) atoms. The monoisotopic (exact) mass is 260 g/mol. The normalized spacial score (nSPS) is 40.1. The first kappa shape index (κ1) is 13.3. The van der Waals surface area contributed by atoms with E-state index in [-0.39, 0.29) is 11.4 Å². The lowest BCUT2D eigenvalue weighted by Gasteiger charge is -2.38. The lowest BCUT2D eigenvalue weighted by Crippen LogP contribution is -2.51. The summed E-state index contributed by atoms with van der Waals surface area (Å²) in [6.07, 6.45) is 8.69. The average molecular weight is 260 g/mol. The van der Waals surface area contributed by atoms with Gasteiger partial charge in [-0.2, -0.15) is 0 Å². The van der Waals surface area contributed by atoms with E-state index in [1.807, 2.05) is 0 Å². The van der Waals surface area contributed by atoms with Crippen LogP contribution in [0.15, 0.2) is 0 Å². The van der Waals surface area contributed by atoms with E-state index in [1.54, 1.807) is 0 Å². The second-order valence-corrected chi connectivity index (χ2v) is 8.00. The van der Waals surface area contributed by atoms with Crippen LogP contribution in [0, 0.1) is 5.92 Å². The van der Waals surface area contributed by atoms with Crippen LogP contribution in [-0.4, -0.2) is 32.1 Å². The van der Waals surface area contributed by atoms with Gasteiger partial charge in [0.05, 0.1) is 11.4 Å². The average Bonchev–Trinajstić information content (AvgIpc) is 2.28. The summed E-state index contributed by atoms with van der Waals surface area (Å²) < 4.78 is 23.0. The van der Waals surface area contributed by atoms with Crippen LogP contribution in [0.2, 0.25) is 0 Å². The van der Waals surface area contributed by atoms with Gasteiger partial charge in [-0.15, -0.1) is 0 Å². The highest BCUT2D eigenvalue weighted by atomic mass is 32.2. The third kappa shape index (κ3) is 3.42. The van der Waals surface area contributed by atoms with E-state index in [1.165, 1.54) is 19.1 Å². The Morgan fingerprint density at radius 1 is 1.06 bits per heavy atom. The molecule has 0 radical (unpaired) electrons. The molecule has 4 nitrogen and oxygen atoms in total. The maximum absolute atomic E-state index is 11.5. The molecule has 0 aromatic rings. The minimum absolute atomic E-state index is 0.101. The Morgan fingerprint density at radius 3 is 2.24 bits per heavy atom. The van der Waals surface area contributed by atoms with Crippen LogP contribution in [0.25, 0.3) is 0 Å². The van der Waals surface area contributed by atoms with E-state index < -0.39 is 9.84 Å². The highest BCUT2D eigenvalue weighted by Gasteiger charge is 2.33. The summed E-state index contributed by atoms with van der Waals surface area (Å²) >= 11 is 0. The zero-order valence-corrected chi connectivity index (χ0v) is 11.4. The summed E-state index contributed by atoms with van der Waals surface area (Å²) in [6, 6.07) is 0.513. The fourth-order valence-corrected chi connectivity index (χ4v) is 4.42. The van der Waals surface area contributed by atoms with E-state index in [4.69, 9.17) is 5.73 Å². The Hall–Kier alpha value is -0.130. The molecule has 1 aliphatic heterocycles. The van der Waals surface area contributed by atoms with Crippen molar-refractivity contribution in [2.45, 2.75) is 62.4 Å². The number of sulfone groups is 1. The largest absolute Gasteiger partial charge is 0.316 e. The van der Waals surface area contributed by atoms with Crippen LogP contribution < -0.4 is 11.1 Å². The predicted octanol–water partition coefficient (Wildman–Crippen LogP) is 1.02. The first-order valence-corrected chi connectivity index (χ1v) is 8.63. The van der Waals surface area contributed by atoms with Gasteiger partial charge in [-0.3, -0.25) is 5.32 Å². The van der Waals surface area contributed by atoms with Crippen molar-refractivity contribution in [1.29, 1.82) is 0 Å². The molecule has 2 atom stereocenters. The van der Waals surface area contributed by atoms with E-state index in [0.717, 1.165) is 32.1 Å². The molecular weight excluding hydrogens is 236 g/mol. The highest BCUT2D eigenvalue weighted by molar-refractivity contribution is 7.91. The lowest BCUT2D eigenvalue weighted by atomic mass is 9.80. The number of hydrogen-bond donors (Lipinski definition) is 2. The fourth-order valence-electron chi connectivity index (χ4n) is 3.29. The summed E-state index contributed by atoms with van der Waals surface area (Å²) in [5.41, 5.74) is 5.92. The van der Waals surface area contributed by atoms with Crippen LogP contribution in [-0.2, 0) is 9.84 Å². The minimum atomic E-state index is -2.84. The molecular formula is C12H24N2O2S. The molecule has 1 saturated carbocycles. The molecule has 100 valence electrons. The Balaban J connectivity index is 1.86. The van der Waals surface area contributed by atoms with Gasteiger partial charge in [-0.25, -0.2) is 8.42 Å². The second kappa shape index (κ2) is 5.24. The molecule has 2 fully saturated rings. The van der Waals surface area contributed by atoms with Gasteiger partial charge >= 0.3 is 0 Å². The van der Waals surface area contributed by atoms with Crippen molar-refractivity contribution in [2.75, 3.05) is 6.26 Å². The number of piperidine rings is 1. The van der Waals surface area contributed by atoms with E-state index in [2.05, 4.69) is 5.32 Å². The van der Waals surface area contributed by atoms with Gasteiger partial charge in [0.15, 0.2) is 0 Å². The smallest absolute Gasteiger partial charge is 0.150 e. The summed E-state index contributed by atoms with van der Waals surface area (Å²) in [7, 11) is -2.84. The van der Waals surface area contributed by atoms with E-state index >= 15 is 0 Å². The Morgan fingerprint density at radius 2 is 1.71 bits per heavy atom. The maximum atomic E-state index is 11.5. The van der Waals surface area contributed by atoms with Gasteiger partial charge in [0.2, 0.25) is 0 Å². The quantitative estimate of drug-likeness (QED) is 0.777. The van der Waals surface area contributed by atoms with Crippen LogP contribution in [0.5, 0.6) is 0 Å². The molecule has 0 aromatic heterocycles. The molecule has 0 bridgehead atoms. The van der Waals surface area contributed by atoms with Gasteiger partial charge < -0.3 is 5.73 Å². The fraction of sp³-hybridized carbons (Fsp3) is 1.00. The number of nitrogens with two attached hydrogens (primary N) is 1. The molecule has 1 heterocycles. The van der Waals surface area contributed by atoms with Crippen molar-refractivity contribution in [3.8, 4) is 0 Å². The molecule has 3 N–H and O–H groups in total. The summed E-state index contributed by atoms with van der Waals surface area (Å²) in [4.78, 5) is 0. The third-order valence-corrected chi connectivity index (χ3v) is 6.03. The topological polar surface area (TPSA) is 72.2 Å². The van der Waals surface area contributed by atoms with Crippen molar-refractivity contribution in [3.63, 3.8) is 0 Å². The number of rotatable bonds is 2. The van der Waals surface area contributed by atoms with Crippen LogP contribution in [0.4, 0.5) is 0 Å². The minimum Gasteiger partial charge on any atom is -0.316 e. The van der Waals surface area contributed by atoms with Crippen LogP contribution in [0.1, 0.15) is 44.9 Å². The standard InChI is InChI=1S/C12H24N2O2S/c1-17(15,16)10-7-5-9(6-8-10)11-3-2-4-12(13)14-11/h9-12,14H,2-8,13H2,1H3. The first-order chi connectivity index (χ1) is 7.97. The lowest BCUT2D eigenvalue weighted by molar-refractivity contribution is 0.207. The molecule has 0 aromatic carbocycles. The molecule has 5 heteroatoms. The summed E-state index contributed by atoms with van der Waals surface area (Å²) in [5, 5.41) is 3.37. The Bertz CT molecular complexity index is 348. The Kier molecular flexibility index (Phi) is 4.10. The highest BCUT2D eigenvalue weighted by Crippen LogP contribution is 2.33. The zero-order valence-electron chi connectivity index (χ0n) is 10.6. The first-order valence-electron chi connectivity index (χ1n) is 6.67. The molecule has 1 aliphatic carbocycles. The predicted molar refractivity (Wildman–Crippen MR) is 69.3 cm³/mol. The molecule has 0 spiro atoms. The van der Waals surface area contributed by atoms with Crippen molar-refractivity contribution in [2.24, 2.45) is 11.7 Å². The zero-order chi connectivity index (χ0) is 12.5. The SMILES string of the molecule is CS(=O)(=O)C1CCC(C2CCCC(N)N2)CC1. The molecule has 0 amide bonds. The van der Waals surface area contributed by atoms with E-state index in [0.29, 0.717) is 12.0 Å². The molecule has 2 aliphatic rings. The van der Waals surface area contributed by atoms with Gasteiger partial charge in [0.25, 0.3) is 0 Å². The molecule has 2 rings (SSSR count). The van der Waals surface area contributed by atoms with Crippen molar-refractivity contribution in [1.82, 2.24) is 5.32 Å². The summed E-state index contributed by atoms with van der Waals surface area (Å²) in [5.74, 6) is 0.624. The van der Waals surface area contributed by atoms with Crippen molar-refractivity contribution in [3.05, 3.63) is 0 Å². The number of hydrogen-bond acceptors (Lipinski definition) is 4. The van der Waals surface area contributed by atoms with Gasteiger partial charge in [0.1, 0.15) is 9.84 Å². The molecule has 2 unspecified atom stereocenters. The maximum Gasteiger partial charge on any atom is 0.150 e. The van der Waals surface area contributed by atoms with Crippen LogP contribution in [0.3, 0.4) is 0 Å². The van der Waals surface area contributed by atoms with Gasteiger partial charge in [-0.05, 0) is 50.9 Å². The second-order valence-electron chi connectivity index (χ2n) is 5.68. The Labute approximate surface area is 104 Å². The summed E-state index contributed by atoms with van der Waals surface area (Å²) in [6.45, 7) is 0. The third-order valence-electron chi connectivity index (χ3n) is 4.35. The number of nitrogens with one attached hydrogen (secondary N) is 1. The van der Waals surface area contributed by atoms with Gasteiger partial charge in [-0.1, -0.05) is 0 Å². The van der Waals surface area contributed by atoms with Gasteiger partial charge in [0, 0.05) is 12.3 Å². The molecule has 1 saturated heterocycles. The van der Waals surface area contributed by atoms with Crippen molar-refractivity contribution >= 4 is 9.84 Å². The van der Waals surface area contributed by atoms with E-state index in [9.17, 15) is 8.42 Å².